The maximum absolute atomic E-state index is 8.52. The molecule has 0 aliphatic rings. The van der Waals surface area contributed by atoms with Gasteiger partial charge in [-0.05, 0) is 38.7 Å². The Morgan fingerprint density at radius 3 is 2.50 bits per heavy atom. The molecule has 1 N–H and O–H groups in total. The van der Waals surface area contributed by atoms with Gasteiger partial charge in [-0.1, -0.05) is 38.3 Å². The lowest BCUT2D eigenvalue weighted by Gasteiger charge is -2.14. The molecule has 0 fully saturated rings. The predicted octanol–water partition coefficient (Wildman–Crippen LogP) is 4.75. The summed E-state index contributed by atoms with van der Waals surface area (Å²) < 4.78 is 5.39. The molecule has 0 radical (unpaired) electrons. The molecular weight excluding hydrogens is 226 g/mol. The zero-order valence-corrected chi connectivity index (χ0v) is 12.4. The maximum Gasteiger partial charge on any atom is 0.0943 e. The first kappa shape index (κ1) is 17.0. The summed E-state index contributed by atoms with van der Waals surface area (Å²) in [5, 5.41) is 11.7. The molecule has 0 saturated carbocycles. The van der Waals surface area contributed by atoms with Crippen LogP contribution in [-0.4, -0.2) is 18.0 Å². The van der Waals surface area contributed by atoms with Gasteiger partial charge in [0, 0.05) is 5.92 Å². The number of hydrogen-bond donors (Lipinski definition) is 1. The molecule has 0 aromatic carbocycles. The molecule has 0 rings (SSSR count). The standard InChI is InChI=1S/C15H29NO2/c1-5-10-15(18-4)13(2)11-8-6-7-9-12-14(3)16-17/h10,13,17H,5-9,11-12H2,1-4H3/b15-10+,16-14+. The number of ether oxygens (including phenoxy) is 1. The van der Waals surface area contributed by atoms with Crippen LogP contribution in [0, 0.1) is 5.92 Å². The first-order valence-electron chi connectivity index (χ1n) is 7.07. The highest BCUT2D eigenvalue weighted by Crippen LogP contribution is 2.19. The first-order valence-corrected chi connectivity index (χ1v) is 7.07. The summed E-state index contributed by atoms with van der Waals surface area (Å²) in [6.07, 6.45) is 10.1. The minimum absolute atomic E-state index is 0.524. The van der Waals surface area contributed by atoms with E-state index in [0.717, 1.165) is 30.7 Å². The number of hydrogen-bond acceptors (Lipinski definition) is 3. The molecule has 0 saturated heterocycles. The van der Waals surface area contributed by atoms with Crippen molar-refractivity contribution in [1.82, 2.24) is 0 Å². The first-order chi connectivity index (χ1) is 8.65. The van der Waals surface area contributed by atoms with Crippen LogP contribution in [0.4, 0.5) is 0 Å². The highest BCUT2D eigenvalue weighted by atomic mass is 16.5. The molecule has 0 aromatic rings. The van der Waals surface area contributed by atoms with Crippen LogP contribution in [0.15, 0.2) is 17.0 Å². The summed E-state index contributed by atoms with van der Waals surface area (Å²) in [4.78, 5) is 0. The molecule has 0 heterocycles. The molecule has 1 unspecified atom stereocenters. The minimum atomic E-state index is 0.524. The van der Waals surface area contributed by atoms with Crippen molar-refractivity contribution >= 4 is 5.71 Å². The van der Waals surface area contributed by atoms with Gasteiger partial charge in [0.15, 0.2) is 0 Å². The molecule has 0 aliphatic heterocycles. The van der Waals surface area contributed by atoms with E-state index in [1.165, 1.54) is 25.7 Å². The van der Waals surface area contributed by atoms with Crippen LogP contribution >= 0.6 is 0 Å². The highest BCUT2D eigenvalue weighted by molar-refractivity contribution is 5.81. The minimum Gasteiger partial charge on any atom is -0.501 e. The SMILES string of the molecule is CC/C=C(/OC)C(C)CCCCCC/C(C)=N/O. The van der Waals surface area contributed by atoms with E-state index in [4.69, 9.17) is 9.94 Å². The predicted molar refractivity (Wildman–Crippen MR) is 77.1 cm³/mol. The second-order valence-corrected chi connectivity index (χ2v) is 4.91. The van der Waals surface area contributed by atoms with E-state index in [1.807, 2.05) is 6.92 Å². The molecule has 18 heavy (non-hydrogen) atoms. The Kier molecular flexibility index (Phi) is 10.5. The molecule has 0 bridgehead atoms. The van der Waals surface area contributed by atoms with Crippen molar-refractivity contribution in [3.8, 4) is 0 Å². The monoisotopic (exact) mass is 255 g/mol. The Labute approximate surface area is 112 Å². The maximum atomic E-state index is 8.52. The fourth-order valence-corrected chi connectivity index (χ4v) is 2.06. The van der Waals surface area contributed by atoms with E-state index in [0.29, 0.717) is 5.92 Å². The van der Waals surface area contributed by atoms with Crippen molar-refractivity contribution in [3.05, 3.63) is 11.8 Å². The molecule has 3 heteroatoms. The Hall–Kier alpha value is -0.990. The number of unbranched alkanes of at least 4 members (excludes halogenated alkanes) is 3. The zero-order chi connectivity index (χ0) is 13.8. The lowest BCUT2D eigenvalue weighted by atomic mass is 9.99. The Bertz CT molecular complexity index is 259. The highest BCUT2D eigenvalue weighted by Gasteiger charge is 2.07. The van der Waals surface area contributed by atoms with E-state index in [-0.39, 0.29) is 0 Å². The van der Waals surface area contributed by atoms with Gasteiger partial charge in [-0.3, -0.25) is 0 Å². The van der Waals surface area contributed by atoms with E-state index >= 15 is 0 Å². The van der Waals surface area contributed by atoms with Gasteiger partial charge in [0.05, 0.1) is 18.6 Å². The van der Waals surface area contributed by atoms with E-state index in [9.17, 15) is 0 Å². The molecule has 0 spiro atoms. The van der Waals surface area contributed by atoms with Crippen LogP contribution in [0.2, 0.25) is 0 Å². The Balaban J connectivity index is 3.62. The quantitative estimate of drug-likeness (QED) is 0.201. The normalized spacial score (nSPS) is 14.7. The van der Waals surface area contributed by atoms with Crippen LogP contribution in [0.25, 0.3) is 0 Å². The lowest BCUT2D eigenvalue weighted by molar-refractivity contribution is 0.239. The van der Waals surface area contributed by atoms with Crippen LogP contribution in [-0.2, 0) is 4.74 Å². The number of rotatable bonds is 10. The third-order valence-electron chi connectivity index (χ3n) is 3.22. The summed E-state index contributed by atoms with van der Waals surface area (Å²) in [5.41, 5.74) is 0.830. The van der Waals surface area contributed by atoms with E-state index in [1.54, 1.807) is 7.11 Å². The second-order valence-electron chi connectivity index (χ2n) is 4.91. The third-order valence-corrected chi connectivity index (χ3v) is 3.22. The lowest BCUT2D eigenvalue weighted by Crippen LogP contribution is -2.02. The number of allylic oxidation sites excluding steroid dienone is 2. The molecule has 1 atom stereocenters. The van der Waals surface area contributed by atoms with Gasteiger partial charge in [-0.15, -0.1) is 0 Å². The van der Waals surface area contributed by atoms with Crippen molar-refractivity contribution in [2.45, 2.75) is 65.7 Å². The molecule has 3 nitrogen and oxygen atoms in total. The van der Waals surface area contributed by atoms with E-state index in [2.05, 4.69) is 25.1 Å². The fraction of sp³-hybridized carbons (Fsp3) is 0.800. The van der Waals surface area contributed by atoms with Crippen molar-refractivity contribution in [3.63, 3.8) is 0 Å². The zero-order valence-electron chi connectivity index (χ0n) is 12.4. The van der Waals surface area contributed by atoms with Crippen LogP contribution in [0.1, 0.15) is 65.7 Å². The second kappa shape index (κ2) is 11.1. The van der Waals surface area contributed by atoms with Gasteiger partial charge in [0.2, 0.25) is 0 Å². The topological polar surface area (TPSA) is 41.8 Å². The van der Waals surface area contributed by atoms with Gasteiger partial charge >= 0.3 is 0 Å². The summed E-state index contributed by atoms with van der Waals surface area (Å²) in [6.45, 7) is 6.23. The summed E-state index contributed by atoms with van der Waals surface area (Å²) >= 11 is 0. The fourth-order valence-electron chi connectivity index (χ4n) is 2.06. The van der Waals surface area contributed by atoms with Crippen molar-refractivity contribution in [2.24, 2.45) is 11.1 Å². The number of oxime groups is 1. The average molecular weight is 255 g/mol. The average Bonchev–Trinajstić information content (AvgIpc) is 2.39. The van der Waals surface area contributed by atoms with Crippen LogP contribution in [0.3, 0.4) is 0 Å². The van der Waals surface area contributed by atoms with Gasteiger partial charge in [-0.25, -0.2) is 0 Å². The number of methoxy groups -OCH3 is 1. The van der Waals surface area contributed by atoms with Crippen LogP contribution in [0.5, 0.6) is 0 Å². The molecule has 0 aliphatic carbocycles. The summed E-state index contributed by atoms with van der Waals surface area (Å²) in [5.74, 6) is 1.65. The largest absolute Gasteiger partial charge is 0.501 e. The molecule has 106 valence electrons. The van der Waals surface area contributed by atoms with Gasteiger partial charge in [0.25, 0.3) is 0 Å². The van der Waals surface area contributed by atoms with Crippen molar-refractivity contribution in [2.75, 3.05) is 7.11 Å². The molecule has 0 aromatic heterocycles. The van der Waals surface area contributed by atoms with Gasteiger partial charge in [-0.2, -0.15) is 0 Å². The van der Waals surface area contributed by atoms with Gasteiger partial charge < -0.3 is 9.94 Å². The molecule has 0 amide bonds. The van der Waals surface area contributed by atoms with Crippen molar-refractivity contribution < 1.29 is 9.94 Å². The molecular formula is C15H29NO2. The third kappa shape index (κ3) is 8.15. The summed E-state index contributed by atoms with van der Waals surface area (Å²) in [7, 11) is 1.76. The Morgan fingerprint density at radius 1 is 1.28 bits per heavy atom. The smallest absolute Gasteiger partial charge is 0.0943 e. The van der Waals surface area contributed by atoms with E-state index < -0.39 is 0 Å². The van der Waals surface area contributed by atoms with Crippen molar-refractivity contribution in [1.29, 1.82) is 0 Å². The van der Waals surface area contributed by atoms with Gasteiger partial charge in [0.1, 0.15) is 0 Å². The Morgan fingerprint density at radius 2 is 1.94 bits per heavy atom. The summed E-state index contributed by atoms with van der Waals surface area (Å²) in [6, 6.07) is 0. The van der Waals surface area contributed by atoms with Crippen LogP contribution < -0.4 is 0 Å². The number of nitrogens with zero attached hydrogens (tertiary/aromatic N) is 1.